The lowest BCUT2D eigenvalue weighted by atomic mass is 9.42. The third-order valence-corrected chi connectivity index (χ3v) is 8.48. The zero-order valence-corrected chi connectivity index (χ0v) is 15.4. The lowest BCUT2D eigenvalue weighted by molar-refractivity contribution is -0.173. The Morgan fingerprint density at radius 2 is 1.70 bits per heavy atom. The predicted molar refractivity (Wildman–Crippen MR) is 91.9 cm³/mol. The number of hydrogen-bond donors (Lipinski definition) is 3. The largest absolute Gasteiger partial charge is 0.394 e. The summed E-state index contributed by atoms with van der Waals surface area (Å²) < 4.78 is 0. The Morgan fingerprint density at radius 1 is 1.00 bits per heavy atom. The fraction of sp³-hybridized carbons (Fsp3) is 1.00. The van der Waals surface area contributed by atoms with Crippen LogP contribution in [-0.4, -0.2) is 34.1 Å². The monoisotopic (exact) mass is 324 g/mol. The van der Waals surface area contributed by atoms with Gasteiger partial charge in [-0.25, -0.2) is 0 Å². The maximum Gasteiger partial charge on any atom is 0.0824 e. The van der Waals surface area contributed by atoms with Crippen molar-refractivity contribution in [3.63, 3.8) is 0 Å². The molecule has 0 aromatic carbocycles. The van der Waals surface area contributed by atoms with Crippen molar-refractivity contribution >= 4 is 0 Å². The van der Waals surface area contributed by atoms with Crippen molar-refractivity contribution in [1.82, 2.24) is 0 Å². The Balaban J connectivity index is 1.83. The molecule has 0 amide bonds. The highest BCUT2D eigenvalue weighted by molar-refractivity contribution is 5.08. The molecular formula is C20H36O3. The van der Waals surface area contributed by atoms with Gasteiger partial charge in [0.1, 0.15) is 0 Å². The topological polar surface area (TPSA) is 60.7 Å². The summed E-state index contributed by atoms with van der Waals surface area (Å²) in [5.41, 5.74) is 0.225. The molecule has 7 atom stereocenters. The van der Waals surface area contributed by atoms with Crippen LogP contribution in [-0.2, 0) is 0 Å². The lowest BCUT2D eigenvalue weighted by Crippen LogP contribution is -2.58. The average Bonchev–Trinajstić information content (AvgIpc) is 2.50. The van der Waals surface area contributed by atoms with Gasteiger partial charge in [0.05, 0.1) is 18.8 Å². The SMILES string of the molecule is CC1(C(O)CO)CCC2C(CCC3C(C)(C)C(O)CCC23C)C1. The minimum Gasteiger partial charge on any atom is -0.394 e. The van der Waals surface area contributed by atoms with Crippen molar-refractivity contribution in [3.05, 3.63) is 0 Å². The molecule has 0 spiro atoms. The lowest BCUT2D eigenvalue weighted by Gasteiger charge is -2.63. The fourth-order valence-corrected chi connectivity index (χ4v) is 6.86. The van der Waals surface area contributed by atoms with E-state index in [0.29, 0.717) is 23.2 Å². The number of aliphatic hydroxyl groups excluding tert-OH is 3. The Kier molecular flexibility index (Phi) is 4.39. The molecule has 134 valence electrons. The highest BCUT2D eigenvalue weighted by atomic mass is 16.3. The van der Waals surface area contributed by atoms with Gasteiger partial charge in [-0.2, -0.15) is 0 Å². The molecule has 3 aliphatic rings. The third-order valence-electron chi connectivity index (χ3n) is 8.48. The third kappa shape index (κ3) is 2.58. The summed E-state index contributed by atoms with van der Waals surface area (Å²) in [5.74, 6) is 1.99. The van der Waals surface area contributed by atoms with Gasteiger partial charge >= 0.3 is 0 Å². The van der Waals surface area contributed by atoms with Crippen LogP contribution < -0.4 is 0 Å². The first-order valence-corrected chi connectivity index (χ1v) is 9.62. The van der Waals surface area contributed by atoms with E-state index in [9.17, 15) is 15.3 Å². The summed E-state index contributed by atoms with van der Waals surface area (Å²) in [4.78, 5) is 0. The van der Waals surface area contributed by atoms with Crippen molar-refractivity contribution in [3.8, 4) is 0 Å². The molecule has 0 aliphatic heterocycles. The van der Waals surface area contributed by atoms with Gasteiger partial charge in [0.15, 0.2) is 0 Å². The summed E-state index contributed by atoms with van der Waals surface area (Å²) in [7, 11) is 0. The molecule has 0 saturated heterocycles. The quantitative estimate of drug-likeness (QED) is 0.730. The van der Waals surface area contributed by atoms with Crippen molar-refractivity contribution in [2.45, 2.75) is 84.8 Å². The molecule has 3 heteroatoms. The summed E-state index contributed by atoms with van der Waals surface area (Å²) in [6.07, 6.45) is 6.97. The molecule has 0 aromatic heterocycles. The van der Waals surface area contributed by atoms with Crippen molar-refractivity contribution in [2.75, 3.05) is 6.61 Å². The Bertz CT molecular complexity index is 448. The van der Waals surface area contributed by atoms with Gasteiger partial charge in [0, 0.05) is 0 Å². The first-order chi connectivity index (χ1) is 10.6. The van der Waals surface area contributed by atoms with Gasteiger partial charge in [-0.3, -0.25) is 0 Å². The summed E-state index contributed by atoms with van der Waals surface area (Å²) in [6, 6.07) is 0. The van der Waals surface area contributed by atoms with E-state index in [2.05, 4.69) is 27.7 Å². The molecule has 3 fully saturated rings. The molecule has 0 aromatic rings. The molecule has 23 heavy (non-hydrogen) atoms. The molecule has 0 bridgehead atoms. The standard InChI is InChI=1S/C20H36O3/c1-18(2)15-6-5-13-11-19(3,17(23)12-21)9-7-14(13)20(15,4)10-8-16(18)22/h13-17,21-23H,5-12H2,1-4H3. The molecule has 3 nitrogen and oxygen atoms in total. The minimum absolute atomic E-state index is 0.0172. The van der Waals surface area contributed by atoms with Gasteiger partial charge in [0.25, 0.3) is 0 Å². The molecule has 0 heterocycles. The van der Waals surface area contributed by atoms with E-state index in [1.807, 2.05) is 0 Å². The number of aliphatic hydroxyl groups is 3. The van der Waals surface area contributed by atoms with E-state index < -0.39 is 6.10 Å². The molecule has 0 radical (unpaired) electrons. The predicted octanol–water partition coefficient (Wildman–Crippen LogP) is 3.36. The van der Waals surface area contributed by atoms with E-state index in [1.54, 1.807) is 0 Å². The Labute approximate surface area is 141 Å². The van der Waals surface area contributed by atoms with Gasteiger partial charge < -0.3 is 15.3 Å². The average molecular weight is 325 g/mol. The zero-order valence-electron chi connectivity index (χ0n) is 15.4. The highest BCUT2D eigenvalue weighted by Gasteiger charge is 2.59. The van der Waals surface area contributed by atoms with Gasteiger partial charge in [-0.1, -0.05) is 27.7 Å². The van der Waals surface area contributed by atoms with Crippen molar-refractivity contribution < 1.29 is 15.3 Å². The van der Waals surface area contributed by atoms with E-state index in [-0.39, 0.29) is 23.5 Å². The minimum atomic E-state index is -0.585. The van der Waals surface area contributed by atoms with Crippen LogP contribution in [0.5, 0.6) is 0 Å². The summed E-state index contributed by atoms with van der Waals surface area (Å²) in [5, 5.41) is 30.2. The first-order valence-electron chi connectivity index (χ1n) is 9.62. The van der Waals surface area contributed by atoms with E-state index in [4.69, 9.17) is 0 Å². The second kappa shape index (κ2) is 5.71. The molecule has 3 rings (SSSR count). The van der Waals surface area contributed by atoms with Crippen LogP contribution in [0.4, 0.5) is 0 Å². The smallest absolute Gasteiger partial charge is 0.0824 e. The van der Waals surface area contributed by atoms with Crippen LogP contribution in [0.1, 0.15) is 72.6 Å². The summed E-state index contributed by atoms with van der Waals surface area (Å²) in [6.45, 7) is 9.05. The van der Waals surface area contributed by atoms with Crippen LogP contribution in [0, 0.1) is 34.0 Å². The number of rotatable bonds is 2. The number of hydrogen-bond acceptors (Lipinski definition) is 3. The first kappa shape index (κ1) is 17.7. The van der Waals surface area contributed by atoms with E-state index >= 15 is 0 Å². The van der Waals surface area contributed by atoms with Crippen LogP contribution in [0.2, 0.25) is 0 Å². The van der Waals surface area contributed by atoms with Crippen LogP contribution in [0.25, 0.3) is 0 Å². The molecule has 3 saturated carbocycles. The zero-order chi connectivity index (χ0) is 17.0. The fourth-order valence-electron chi connectivity index (χ4n) is 6.86. The molecular weight excluding hydrogens is 288 g/mol. The molecule has 3 N–H and O–H groups in total. The maximum atomic E-state index is 10.5. The second-order valence-corrected chi connectivity index (χ2v) is 9.97. The van der Waals surface area contributed by atoms with Crippen molar-refractivity contribution in [2.24, 2.45) is 34.0 Å². The maximum absolute atomic E-state index is 10.5. The van der Waals surface area contributed by atoms with Gasteiger partial charge in [0.2, 0.25) is 0 Å². The summed E-state index contributed by atoms with van der Waals surface area (Å²) >= 11 is 0. The van der Waals surface area contributed by atoms with Gasteiger partial charge in [-0.15, -0.1) is 0 Å². The van der Waals surface area contributed by atoms with Crippen LogP contribution in [0.15, 0.2) is 0 Å². The van der Waals surface area contributed by atoms with E-state index in [1.165, 1.54) is 12.8 Å². The second-order valence-electron chi connectivity index (χ2n) is 9.97. The molecule has 7 unspecified atom stereocenters. The number of fused-ring (bicyclic) bond motifs is 3. The van der Waals surface area contributed by atoms with Crippen LogP contribution in [0.3, 0.4) is 0 Å². The van der Waals surface area contributed by atoms with E-state index in [0.717, 1.165) is 32.1 Å². The van der Waals surface area contributed by atoms with Crippen molar-refractivity contribution in [1.29, 1.82) is 0 Å². The Hall–Kier alpha value is -0.120. The van der Waals surface area contributed by atoms with Crippen LogP contribution >= 0.6 is 0 Å². The molecule has 3 aliphatic carbocycles. The highest BCUT2D eigenvalue weighted by Crippen LogP contribution is 2.65. The Morgan fingerprint density at radius 3 is 2.35 bits per heavy atom. The van der Waals surface area contributed by atoms with Gasteiger partial charge in [-0.05, 0) is 78.9 Å². The normalized spacial score (nSPS) is 50.7.